The SMILES string of the molecule is CCNC1CN(C(C)(C)C)c2cc(N)ccc21. The summed E-state index contributed by atoms with van der Waals surface area (Å²) >= 11 is 0. The van der Waals surface area contributed by atoms with Crippen molar-refractivity contribution >= 4 is 11.4 Å². The van der Waals surface area contributed by atoms with Gasteiger partial charge in [-0.1, -0.05) is 13.0 Å². The fourth-order valence-electron chi connectivity index (χ4n) is 2.52. The zero-order valence-electron chi connectivity index (χ0n) is 11.2. The van der Waals surface area contributed by atoms with Crippen molar-refractivity contribution in [2.45, 2.75) is 39.3 Å². The Morgan fingerprint density at radius 1 is 1.41 bits per heavy atom. The maximum Gasteiger partial charge on any atom is 0.0519 e. The Morgan fingerprint density at radius 2 is 2.12 bits per heavy atom. The molecule has 1 heterocycles. The number of hydrogen-bond acceptors (Lipinski definition) is 3. The second-order valence-corrected chi connectivity index (χ2v) is 5.71. The van der Waals surface area contributed by atoms with Gasteiger partial charge in [0.1, 0.15) is 0 Å². The van der Waals surface area contributed by atoms with E-state index in [1.807, 2.05) is 6.07 Å². The minimum absolute atomic E-state index is 0.132. The summed E-state index contributed by atoms with van der Waals surface area (Å²) in [5.41, 5.74) is 9.54. The van der Waals surface area contributed by atoms with Crippen LogP contribution in [0.3, 0.4) is 0 Å². The van der Waals surface area contributed by atoms with Crippen LogP contribution < -0.4 is 16.0 Å². The van der Waals surface area contributed by atoms with Crippen molar-refractivity contribution < 1.29 is 0 Å². The molecule has 0 saturated heterocycles. The average Bonchev–Trinajstić information content (AvgIpc) is 2.56. The van der Waals surface area contributed by atoms with Crippen molar-refractivity contribution in [2.75, 3.05) is 23.7 Å². The maximum absolute atomic E-state index is 5.91. The van der Waals surface area contributed by atoms with Crippen LogP contribution in [0.5, 0.6) is 0 Å². The molecule has 0 amide bonds. The third kappa shape index (κ3) is 2.25. The number of likely N-dealkylation sites (N-methyl/N-ethyl adjacent to an activating group) is 1. The molecule has 0 radical (unpaired) electrons. The van der Waals surface area contributed by atoms with E-state index in [-0.39, 0.29) is 5.54 Å². The van der Waals surface area contributed by atoms with Crippen LogP contribution in [0.1, 0.15) is 39.3 Å². The van der Waals surface area contributed by atoms with Gasteiger partial charge in [0.05, 0.1) is 6.04 Å². The summed E-state index contributed by atoms with van der Waals surface area (Å²) in [6.45, 7) is 10.9. The molecule has 2 rings (SSSR count). The average molecular weight is 233 g/mol. The van der Waals surface area contributed by atoms with Crippen LogP contribution in [-0.2, 0) is 0 Å². The highest BCUT2D eigenvalue weighted by atomic mass is 15.2. The lowest BCUT2D eigenvalue weighted by atomic mass is 10.1. The Morgan fingerprint density at radius 3 is 2.71 bits per heavy atom. The number of rotatable bonds is 2. The molecule has 1 aromatic rings. The molecule has 3 heteroatoms. The molecule has 1 atom stereocenters. The van der Waals surface area contributed by atoms with Crippen LogP contribution in [0.25, 0.3) is 0 Å². The molecular weight excluding hydrogens is 210 g/mol. The van der Waals surface area contributed by atoms with Gasteiger partial charge in [-0.05, 0) is 45.0 Å². The first-order chi connectivity index (χ1) is 7.93. The summed E-state index contributed by atoms with van der Waals surface area (Å²) in [7, 11) is 0. The van der Waals surface area contributed by atoms with Crippen molar-refractivity contribution in [3.8, 4) is 0 Å². The van der Waals surface area contributed by atoms with Gasteiger partial charge >= 0.3 is 0 Å². The van der Waals surface area contributed by atoms with Gasteiger partial charge in [-0.25, -0.2) is 0 Å². The highest BCUT2D eigenvalue weighted by Gasteiger charge is 2.34. The van der Waals surface area contributed by atoms with Crippen LogP contribution in [-0.4, -0.2) is 18.6 Å². The Kier molecular flexibility index (Phi) is 3.04. The minimum Gasteiger partial charge on any atom is -0.399 e. The van der Waals surface area contributed by atoms with Crippen molar-refractivity contribution in [1.82, 2.24) is 5.32 Å². The van der Waals surface area contributed by atoms with Gasteiger partial charge in [-0.2, -0.15) is 0 Å². The number of nitrogens with one attached hydrogen (secondary N) is 1. The highest BCUT2D eigenvalue weighted by molar-refractivity contribution is 5.67. The van der Waals surface area contributed by atoms with Crippen molar-refractivity contribution in [2.24, 2.45) is 0 Å². The number of nitrogens with two attached hydrogens (primary N) is 1. The van der Waals surface area contributed by atoms with Gasteiger partial charge in [0, 0.05) is 23.5 Å². The first kappa shape index (κ1) is 12.2. The fourth-order valence-corrected chi connectivity index (χ4v) is 2.52. The van der Waals surface area contributed by atoms with Crippen LogP contribution in [0.2, 0.25) is 0 Å². The molecule has 3 N–H and O–H groups in total. The molecule has 0 fully saturated rings. The first-order valence-electron chi connectivity index (χ1n) is 6.34. The molecule has 0 saturated carbocycles. The molecule has 1 aromatic carbocycles. The van der Waals surface area contributed by atoms with Gasteiger partial charge in [0.2, 0.25) is 0 Å². The van der Waals surface area contributed by atoms with E-state index in [4.69, 9.17) is 5.73 Å². The van der Waals surface area contributed by atoms with E-state index in [0.29, 0.717) is 6.04 Å². The van der Waals surface area contributed by atoms with Crippen molar-refractivity contribution in [1.29, 1.82) is 0 Å². The summed E-state index contributed by atoms with van der Waals surface area (Å²) < 4.78 is 0. The molecule has 0 bridgehead atoms. The summed E-state index contributed by atoms with van der Waals surface area (Å²) in [5.74, 6) is 0. The molecule has 3 nitrogen and oxygen atoms in total. The number of hydrogen-bond donors (Lipinski definition) is 2. The largest absolute Gasteiger partial charge is 0.399 e. The van der Waals surface area contributed by atoms with E-state index in [1.54, 1.807) is 0 Å². The smallest absolute Gasteiger partial charge is 0.0519 e. The standard InChI is InChI=1S/C14H23N3/c1-5-16-12-9-17(14(2,3)4)13-8-10(15)6-7-11(12)13/h6-8,12,16H,5,9,15H2,1-4H3. The van der Waals surface area contributed by atoms with Gasteiger partial charge < -0.3 is 16.0 Å². The molecule has 1 unspecified atom stereocenters. The molecule has 0 spiro atoms. The Hall–Kier alpha value is -1.22. The Labute approximate surface area is 104 Å². The zero-order valence-corrected chi connectivity index (χ0v) is 11.2. The van der Waals surface area contributed by atoms with E-state index in [9.17, 15) is 0 Å². The Balaban J connectivity index is 2.41. The third-order valence-electron chi connectivity index (χ3n) is 3.35. The summed E-state index contributed by atoms with van der Waals surface area (Å²) in [6.07, 6.45) is 0. The predicted molar refractivity (Wildman–Crippen MR) is 74.4 cm³/mol. The summed E-state index contributed by atoms with van der Waals surface area (Å²) in [5, 5.41) is 3.54. The zero-order chi connectivity index (χ0) is 12.6. The second kappa shape index (κ2) is 4.22. The summed E-state index contributed by atoms with van der Waals surface area (Å²) in [4.78, 5) is 2.44. The number of nitrogen functional groups attached to an aromatic ring is 1. The Bertz CT molecular complexity index is 406. The lowest BCUT2D eigenvalue weighted by molar-refractivity contribution is 0.476. The topological polar surface area (TPSA) is 41.3 Å². The van der Waals surface area contributed by atoms with Crippen LogP contribution in [0.4, 0.5) is 11.4 Å². The molecular formula is C14H23N3. The van der Waals surface area contributed by atoms with E-state index in [0.717, 1.165) is 18.8 Å². The van der Waals surface area contributed by atoms with Crippen molar-refractivity contribution in [3.05, 3.63) is 23.8 Å². The number of fused-ring (bicyclic) bond motifs is 1. The number of anilines is 2. The van der Waals surface area contributed by atoms with Crippen molar-refractivity contribution in [3.63, 3.8) is 0 Å². The summed E-state index contributed by atoms with van der Waals surface area (Å²) in [6, 6.07) is 6.67. The lowest BCUT2D eigenvalue weighted by Gasteiger charge is -2.35. The van der Waals surface area contributed by atoms with Gasteiger partial charge in [-0.15, -0.1) is 0 Å². The second-order valence-electron chi connectivity index (χ2n) is 5.71. The lowest BCUT2D eigenvalue weighted by Crippen LogP contribution is -2.42. The van der Waals surface area contributed by atoms with E-state index >= 15 is 0 Å². The molecule has 17 heavy (non-hydrogen) atoms. The van der Waals surface area contributed by atoms with Gasteiger partial charge in [0.25, 0.3) is 0 Å². The molecule has 1 aliphatic rings. The predicted octanol–water partition coefficient (Wildman–Crippen LogP) is 2.54. The molecule has 94 valence electrons. The minimum atomic E-state index is 0.132. The van der Waals surface area contributed by atoms with Gasteiger partial charge in [-0.3, -0.25) is 0 Å². The number of nitrogens with zero attached hydrogens (tertiary/aromatic N) is 1. The van der Waals surface area contributed by atoms with Crippen LogP contribution >= 0.6 is 0 Å². The van der Waals surface area contributed by atoms with Crippen LogP contribution in [0, 0.1) is 0 Å². The van der Waals surface area contributed by atoms with E-state index < -0.39 is 0 Å². The number of benzene rings is 1. The monoisotopic (exact) mass is 233 g/mol. The quantitative estimate of drug-likeness (QED) is 0.771. The van der Waals surface area contributed by atoms with Crippen LogP contribution in [0.15, 0.2) is 18.2 Å². The fraction of sp³-hybridized carbons (Fsp3) is 0.571. The first-order valence-corrected chi connectivity index (χ1v) is 6.34. The molecule has 0 aliphatic carbocycles. The van der Waals surface area contributed by atoms with Gasteiger partial charge in [0.15, 0.2) is 0 Å². The van der Waals surface area contributed by atoms with E-state index in [2.05, 4.69) is 50.0 Å². The molecule has 0 aromatic heterocycles. The maximum atomic E-state index is 5.91. The highest BCUT2D eigenvalue weighted by Crippen LogP contribution is 2.39. The van der Waals surface area contributed by atoms with E-state index in [1.165, 1.54) is 11.3 Å². The normalized spacial score (nSPS) is 19.5. The molecule has 1 aliphatic heterocycles. The third-order valence-corrected chi connectivity index (χ3v) is 3.35.